The lowest BCUT2D eigenvalue weighted by Gasteiger charge is -2.10. The first-order chi connectivity index (χ1) is 7.78. The number of aromatic nitrogens is 1. The van der Waals surface area contributed by atoms with Crippen LogP contribution >= 0.6 is 0 Å². The largest absolute Gasteiger partial charge is 0.256 e. The molecule has 1 aromatic heterocycles. The topological polar surface area (TPSA) is 12.9 Å². The van der Waals surface area contributed by atoms with E-state index in [-0.39, 0.29) is 0 Å². The van der Waals surface area contributed by atoms with E-state index < -0.39 is 0 Å². The smallest absolute Gasteiger partial charge is 0.0702 e. The maximum absolute atomic E-state index is 4.39. The molecule has 1 aliphatic carbocycles. The Bertz CT molecular complexity index is 498. The Morgan fingerprint density at radius 1 is 1.06 bits per heavy atom. The third kappa shape index (κ3) is 1.63. The number of rotatable bonds is 2. The summed E-state index contributed by atoms with van der Waals surface area (Å²) in [5.41, 5.74) is 4.18. The SMILES string of the molecule is CC1(c2cccc(-c3ccccn3)c2)CC1. The predicted molar refractivity (Wildman–Crippen MR) is 66.3 cm³/mol. The maximum Gasteiger partial charge on any atom is 0.0702 e. The molecular weight excluding hydrogens is 194 g/mol. The molecule has 0 atom stereocenters. The lowest BCUT2D eigenvalue weighted by atomic mass is 9.95. The highest BCUT2D eigenvalue weighted by atomic mass is 14.7. The van der Waals surface area contributed by atoms with Gasteiger partial charge < -0.3 is 0 Å². The summed E-state index contributed by atoms with van der Waals surface area (Å²) >= 11 is 0. The van der Waals surface area contributed by atoms with Crippen molar-refractivity contribution in [2.24, 2.45) is 0 Å². The van der Waals surface area contributed by atoms with Gasteiger partial charge in [-0.1, -0.05) is 31.2 Å². The van der Waals surface area contributed by atoms with Gasteiger partial charge in [0.25, 0.3) is 0 Å². The zero-order valence-electron chi connectivity index (χ0n) is 9.48. The van der Waals surface area contributed by atoms with E-state index in [1.54, 1.807) is 0 Å². The first kappa shape index (κ1) is 9.59. The van der Waals surface area contributed by atoms with Gasteiger partial charge in [0.15, 0.2) is 0 Å². The number of benzene rings is 1. The quantitative estimate of drug-likeness (QED) is 0.733. The summed E-state index contributed by atoms with van der Waals surface area (Å²) in [6.07, 6.45) is 4.48. The fourth-order valence-corrected chi connectivity index (χ4v) is 2.06. The van der Waals surface area contributed by atoms with E-state index in [4.69, 9.17) is 0 Å². The van der Waals surface area contributed by atoms with Gasteiger partial charge in [-0.05, 0) is 42.0 Å². The molecule has 0 spiro atoms. The first-order valence-corrected chi connectivity index (χ1v) is 5.80. The summed E-state index contributed by atoms with van der Waals surface area (Å²) in [6, 6.07) is 14.9. The van der Waals surface area contributed by atoms with Crippen LogP contribution in [0.4, 0.5) is 0 Å². The molecular formula is C15H15N. The molecule has 1 heterocycles. The predicted octanol–water partition coefficient (Wildman–Crippen LogP) is 3.80. The molecule has 0 unspecified atom stereocenters. The van der Waals surface area contributed by atoms with Crippen molar-refractivity contribution in [3.05, 3.63) is 54.2 Å². The average Bonchev–Trinajstić information content (AvgIpc) is 3.10. The second kappa shape index (κ2) is 3.44. The Morgan fingerprint density at radius 3 is 2.62 bits per heavy atom. The number of hydrogen-bond donors (Lipinski definition) is 0. The average molecular weight is 209 g/mol. The van der Waals surface area contributed by atoms with Crippen molar-refractivity contribution in [2.75, 3.05) is 0 Å². The summed E-state index contributed by atoms with van der Waals surface area (Å²) in [5.74, 6) is 0. The van der Waals surface area contributed by atoms with Crippen molar-refractivity contribution in [1.29, 1.82) is 0 Å². The minimum atomic E-state index is 0.435. The van der Waals surface area contributed by atoms with Crippen LogP contribution in [0.3, 0.4) is 0 Å². The van der Waals surface area contributed by atoms with E-state index in [0.717, 1.165) is 5.69 Å². The van der Waals surface area contributed by atoms with Crippen LogP contribution in [0, 0.1) is 0 Å². The van der Waals surface area contributed by atoms with Crippen LogP contribution in [0.1, 0.15) is 25.3 Å². The van der Waals surface area contributed by atoms with Gasteiger partial charge in [0, 0.05) is 11.8 Å². The summed E-state index contributed by atoms with van der Waals surface area (Å²) < 4.78 is 0. The van der Waals surface area contributed by atoms with E-state index in [2.05, 4.69) is 42.2 Å². The second-order valence-electron chi connectivity index (χ2n) is 4.86. The molecule has 1 fully saturated rings. The van der Waals surface area contributed by atoms with Crippen molar-refractivity contribution >= 4 is 0 Å². The molecule has 0 saturated heterocycles. The highest BCUT2D eigenvalue weighted by Gasteiger charge is 2.38. The van der Waals surface area contributed by atoms with Gasteiger partial charge in [-0.2, -0.15) is 0 Å². The molecule has 0 N–H and O–H groups in total. The Labute approximate surface area is 96.2 Å². The van der Waals surface area contributed by atoms with Crippen molar-refractivity contribution in [1.82, 2.24) is 4.98 Å². The normalized spacial score (nSPS) is 17.1. The highest BCUT2D eigenvalue weighted by molar-refractivity contribution is 5.60. The molecule has 1 aliphatic rings. The Morgan fingerprint density at radius 2 is 1.94 bits per heavy atom. The number of pyridine rings is 1. The molecule has 0 amide bonds. The van der Waals surface area contributed by atoms with E-state index in [9.17, 15) is 0 Å². The molecule has 0 aliphatic heterocycles. The molecule has 0 radical (unpaired) electrons. The summed E-state index contributed by atoms with van der Waals surface area (Å²) in [5, 5.41) is 0. The van der Waals surface area contributed by atoms with Gasteiger partial charge in [-0.25, -0.2) is 0 Å². The first-order valence-electron chi connectivity index (χ1n) is 5.80. The Kier molecular flexibility index (Phi) is 2.06. The lowest BCUT2D eigenvalue weighted by molar-refractivity contribution is 0.788. The van der Waals surface area contributed by atoms with Gasteiger partial charge in [-0.3, -0.25) is 4.98 Å². The van der Waals surface area contributed by atoms with Gasteiger partial charge in [-0.15, -0.1) is 0 Å². The van der Waals surface area contributed by atoms with E-state index in [0.29, 0.717) is 5.41 Å². The molecule has 1 aromatic carbocycles. The van der Waals surface area contributed by atoms with Crippen LogP contribution in [0.15, 0.2) is 48.7 Å². The molecule has 1 nitrogen and oxygen atoms in total. The van der Waals surface area contributed by atoms with Crippen LogP contribution in [0.25, 0.3) is 11.3 Å². The van der Waals surface area contributed by atoms with Crippen molar-refractivity contribution in [2.45, 2.75) is 25.2 Å². The zero-order chi connectivity index (χ0) is 11.0. The summed E-state index contributed by atoms with van der Waals surface area (Å²) in [6.45, 7) is 2.34. The van der Waals surface area contributed by atoms with Crippen LogP contribution in [-0.2, 0) is 5.41 Å². The number of hydrogen-bond acceptors (Lipinski definition) is 1. The molecule has 16 heavy (non-hydrogen) atoms. The summed E-state index contributed by atoms with van der Waals surface area (Å²) in [4.78, 5) is 4.39. The fourth-order valence-electron chi connectivity index (χ4n) is 2.06. The minimum Gasteiger partial charge on any atom is -0.256 e. The van der Waals surface area contributed by atoms with Gasteiger partial charge in [0.2, 0.25) is 0 Å². The monoisotopic (exact) mass is 209 g/mol. The third-order valence-electron chi connectivity index (χ3n) is 3.52. The zero-order valence-corrected chi connectivity index (χ0v) is 9.48. The van der Waals surface area contributed by atoms with E-state index in [1.165, 1.54) is 24.0 Å². The van der Waals surface area contributed by atoms with Crippen LogP contribution in [0.5, 0.6) is 0 Å². The standard InChI is InChI=1S/C15H15N/c1-15(8-9-15)13-6-4-5-12(11-13)14-7-2-3-10-16-14/h2-7,10-11H,8-9H2,1H3. The molecule has 1 heteroatoms. The molecule has 80 valence electrons. The Hall–Kier alpha value is -1.63. The van der Waals surface area contributed by atoms with E-state index >= 15 is 0 Å². The number of nitrogens with zero attached hydrogens (tertiary/aromatic N) is 1. The van der Waals surface area contributed by atoms with Crippen LogP contribution < -0.4 is 0 Å². The van der Waals surface area contributed by atoms with Crippen molar-refractivity contribution in [3.8, 4) is 11.3 Å². The fraction of sp³-hybridized carbons (Fsp3) is 0.267. The van der Waals surface area contributed by atoms with Gasteiger partial charge in [0.05, 0.1) is 5.69 Å². The third-order valence-corrected chi connectivity index (χ3v) is 3.52. The van der Waals surface area contributed by atoms with E-state index in [1.807, 2.05) is 18.3 Å². The Balaban J connectivity index is 2.03. The molecule has 1 saturated carbocycles. The van der Waals surface area contributed by atoms with Crippen molar-refractivity contribution in [3.63, 3.8) is 0 Å². The summed E-state index contributed by atoms with van der Waals surface area (Å²) in [7, 11) is 0. The minimum absolute atomic E-state index is 0.435. The molecule has 3 rings (SSSR count). The highest BCUT2D eigenvalue weighted by Crippen LogP contribution is 2.48. The molecule has 0 bridgehead atoms. The van der Waals surface area contributed by atoms with Gasteiger partial charge >= 0.3 is 0 Å². The lowest BCUT2D eigenvalue weighted by Crippen LogP contribution is -1.99. The molecule has 2 aromatic rings. The maximum atomic E-state index is 4.39. The van der Waals surface area contributed by atoms with Crippen LogP contribution in [-0.4, -0.2) is 4.98 Å². The van der Waals surface area contributed by atoms with Crippen LogP contribution in [0.2, 0.25) is 0 Å². The second-order valence-corrected chi connectivity index (χ2v) is 4.86. The van der Waals surface area contributed by atoms with Crippen molar-refractivity contribution < 1.29 is 0 Å². The van der Waals surface area contributed by atoms with Gasteiger partial charge in [0.1, 0.15) is 0 Å².